The Bertz CT molecular complexity index is 824. The van der Waals surface area contributed by atoms with Crippen LogP contribution in [0.25, 0.3) is 0 Å². The maximum Gasteiger partial charge on any atom is 0.225 e. The quantitative estimate of drug-likeness (QED) is 0.828. The van der Waals surface area contributed by atoms with Crippen LogP contribution in [0.2, 0.25) is 0 Å². The number of aromatic nitrogens is 2. The Hall–Kier alpha value is -1.99. The van der Waals surface area contributed by atoms with E-state index in [-0.39, 0.29) is 12.0 Å². The van der Waals surface area contributed by atoms with Crippen molar-refractivity contribution < 1.29 is 9.53 Å². The third-order valence-corrected chi connectivity index (χ3v) is 6.45. The molecule has 4 rings (SSSR count). The van der Waals surface area contributed by atoms with Gasteiger partial charge in [0, 0.05) is 23.5 Å². The van der Waals surface area contributed by atoms with E-state index in [1.807, 2.05) is 36.2 Å². The molecule has 6 nitrogen and oxygen atoms in total. The first-order valence-electron chi connectivity index (χ1n) is 10.2. The van der Waals surface area contributed by atoms with Gasteiger partial charge in [-0.2, -0.15) is 0 Å². The highest BCUT2D eigenvalue weighted by atomic mass is 32.1. The van der Waals surface area contributed by atoms with Crippen LogP contribution in [-0.4, -0.2) is 40.5 Å². The van der Waals surface area contributed by atoms with Crippen molar-refractivity contribution in [1.82, 2.24) is 14.9 Å². The van der Waals surface area contributed by atoms with Crippen LogP contribution in [0, 0.1) is 18.8 Å². The zero-order chi connectivity index (χ0) is 19.5. The highest BCUT2D eigenvalue weighted by Crippen LogP contribution is 2.31. The van der Waals surface area contributed by atoms with Crippen LogP contribution in [0.3, 0.4) is 0 Å². The van der Waals surface area contributed by atoms with Crippen molar-refractivity contribution in [2.24, 2.45) is 11.8 Å². The standard InChI is InChI=1S/C21H28N4O2S/c1-14-5-3-6-16(11-14)20(26)25-9-10-27-18(13-25)17-7-4-8-19(23-17)24-21-22-12-15(2)28-21/h4,7-8,12,14,16,18H,3,5-6,9-11,13H2,1-2H3,(H,22,23,24). The van der Waals surface area contributed by atoms with Crippen LogP contribution in [0.5, 0.6) is 0 Å². The van der Waals surface area contributed by atoms with Crippen molar-refractivity contribution >= 4 is 28.2 Å². The van der Waals surface area contributed by atoms with Gasteiger partial charge in [0.1, 0.15) is 11.9 Å². The number of hydrogen-bond donors (Lipinski definition) is 1. The number of carbonyl (C=O) groups excluding carboxylic acids is 1. The summed E-state index contributed by atoms with van der Waals surface area (Å²) in [6, 6.07) is 5.87. The average Bonchev–Trinajstić information content (AvgIpc) is 3.12. The summed E-state index contributed by atoms with van der Waals surface area (Å²) in [6.07, 6.45) is 6.12. The molecule has 2 aromatic rings. The molecule has 0 aromatic carbocycles. The molecule has 0 spiro atoms. The molecular weight excluding hydrogens is 372 g/mol. The molecule has 2 aliphatic rings. The number of nitrogens with one attached hydrogen (secondary N) is 1. The fourth-order valence-electron chi connectivity index (χ4n) is 4.17. The van der Waals surface area contributed by atoms with Crippen molar-refractivity contribution in [2.45, 2.75) is 45.6 Å². The van der Waals surface area contributed by atoms with Gasteiger partial charge >= 0.3 is 0 Å². The second kappa shape index (κ2) is 8.57. The largest absolute Gasteiger partial charge is 0.368 e. The number of morpholine rings is 1. The molecule has 1 saturated carbocycles. The zero-order valence-corrected chi connectivity index (χ0v) is 17.4. The van der Waals surface area contributed by atoms with Crippen LogP contribution in [0.1, 0.15) is 49.3 Å². The number of aryl methyl sites for hydroxylation is 1. The Morgan fingerprint density at radius 3 is 3.04 bits per heavy atom. The fraction of sp³-hybridized carbons (Fsp3) is 0.571. The van der Waals surface area contributed by atoms with Gasteiger partial charge in [-0.15, -0.1) is 11.3 Å². The molecule has 1 aliphatic heterocycles. The van der Waals surface area contributed by atoms with Gasteiger partial charge in [0.2, 0.25) is 5.91 Å². The van der Waals surface area contributed by atoms with Gasteiger partial charge in [0.05, 0.1) is 18.8 Å². The van der Waals surface area contributed by atoms with E-state index in [0.29, 0.717) is 31.5 Å². The summed E-state index contributed by atoms with van der Waals surface area (Å²) in [5, 5.41) is 4.08. The van der Waals surface area contributed by atoms with E-state index in [1.54, 1.807) is 11.3 Å². The molecule has 3 heterocycles. The topological polar surface area (TPSA) is 67.4 Å². The second-order valence-corrected chi connectivity index (χ2v) is 9.20. The highest BCUT2D eigenvalue weighted by molar-refractivity contribution is 7.15. The van der Waals surface area contributed by atoms with Gasteiger partial charge in [-0.25, -0.2) is 9.97 Å². The number of carbonyl (C=O) groups is 1. The first-order chi connectivity index (χ1) is 13.6. The number of amides is 1. The second-order valence-electron chi connectivity index (χ2n) is 7.96. The minimum absolute atomic E-state index is 0.177. The van der Waals surface area contributed by atoms with Gasteiger partial charge in [0.15, 0.2) is 5.13 Å². The maximum atomic E-state index is 13.0. The average molecular weight is 401 g/mol. The summed E-state index contributed by atoms with van der Waals surface area (Å²) in [5.41, 5.74) is 0.854. The monoisotopic (exact) mass is 400 g/mol. The molecule has 28 heavy (non-hydrogen) atoms. The van der Waals surface area contributed by atoms with E-state index in [1.165, 1.54) is 6.42 Å². The smallest absolute Gasteiger partial charge is 0.225 e. The van der Waals surface area contributed by atoms with E-state index < -0.39 is 0 Å². The van der Waals surface area contributed by atoms with E-state index in [0.717, 1.165) is 40.8 Å². The van der Waals surface area contributed by atoms with E-state index in [4.69, 9.17) is 9.72 Å². The molecule has 7 heteroatoms. The van der Waals surface area contributed by atoms with Crippen LogP contribution in [0.4, 0.5) is 10.9 Å². The van der Waals surface area contributed by atoms with Crippen LogP contribution >= 0.6 is 11.3 Å². The minimum atomic E-state index is -0.182. The molecular formula is C21H28N4O2S. The lowest BCUT2D eigenvalue weighted by Crippen LogP contribution is -2.45. The lowest BCUT2D eigenvalue weighted by atomic mass is 9.81. The molecule has 3 unspecified atom stereocenters. The first kappa shape index (κ1) is 19.3. The van der Waals surface area contributed by atoms with E-state index in [2.05, 4.69) is 17.2 Å². The lowest BCUT2D eigenvalue weighted by molar-refractivity contribution is -0.145. The number of anilines is 2. The number of ether oxygens (including phenoxy) is 1. The van der Waals surface area contributed by atoms with Gasteiger partial charge in [-0.05, 0) is 37.8 Å². The predicted molar refractivity (Wildman–Crippen MR) is 111 cm³/mol. The Labute approximate surface area is 170 Å². The molecule has 0 bridgehead atoms. The molecule has 1 amide bonds. The van der Waals surface area contributed by atoms with Crippen molar-refractivity contribution in [2.75, 3.05) is 25.0 Å². The molecule has 1 aliphatic carbocycles. The Kier molecular flexibility index (Phi) is 5.92. The number of rotatable bonds is 4. The normalized spacial score (nSPS) is 25.5. The molecule has 2 fully saturated rings. The first-order valence-corrected chi connectivity index (χ1v) is 11.0. The van der Waals surface area contributed by atoms with Crippen LogP contribution < -0.4 is 5.32 Å². The third kappa shape index (κ3) is 4.52. The summed E-state index contributed by atoms with van der Waals surface area (Å²) in [6.45, 7) is 6.10. The number of hydrogen-bond acceptors (Lipinski definition) is 6. The van der Waals surface area contributed by atoms with E-state index in [9.17, 15) is 4.79 Å². The van der Waals surface area contributed by atoms with Crippen molar-refractivity contribution in [3.05, 3.63) is 35.0 Å². The minimum Gasteiger partial charge on any atom is -0.368 e. The number of thiazole rings is 1. The fourth-order valence-corrected chi connectivity index (χ4v) is 4.84. The summed E-state index contributed by atoms with van der Waals surface area (Å²) in [5.74, 6) is 1.88. The van der Waals surface area contributed by atoms with Gasteiger partial charge in [0.25, 0.3) is 0 Å². The van der Waals surface area contributed by atoms with E-state index >= 15 is 0 Å². The van der Waals surface area contributed by atoms with Crippen LogP contribution in [0.15, 0.2) is 24.4 Å². The molecule has 150 valence electrons. The number of pyridine rings is 1. The van der Waals surface area contributed by atoms with Crippen molar-refractivity contribution in [3.63, 3.8) is 0 Å². The Morgan fingerprint density at radius 1 is 1.36 bits per heavy atom. The summed E-state index contributed by atoms with van der Waals surface area (Å²) >= 11 is 1.60. The van der Waals surface area contributed by atoms with Gasteiger partial charge in [-0.3, -0.25) is 4.79 Å². The highest BCUT2D eigenvalue weighted by Gasteiger charge is 2.32. The van der Waals surface area contributed by atoms with Gasteiger partial charge < -0.3 is 15.0 Å². The molecule has 0 radical (unpaired) electrons. The Balaban J connectivity index is 1.42. The summed E-state index contributed by atoms with van der Waals surface area (Å²) in [7, 11) is 0. The molecule has 1 N–H and O–H groups in total. The van der Waals surface area contributed by atoms with Crippen LogP contribution in [-0.2, 0) is 9.53 Å². The number of nitrogens with zero attached hydrogens (tertiary/aromatic N) is 3. The molecule has 1 saturated heterocycles. The maximum absolute atomic E-state index is 13.0. The van der Waals surface area contributed by atoms with Crippen molar-refractivity contribution in [1.29, 1.82) is 0 Å². The third-order valence-electron chi connectivity index (χ3n) is 5.62. The lowest BCUT2D eigenvalue weighted by Gasteiger charge is -2.36. The molecule has 3 atom stereocenters. The summed E-state index contributed by atoms with van der Waals surface area (Å²) < 4.78 is 5.97. The SMILES string of the molecule is Cc1cnc(Nc2cccc(C3CN(C(=O)C4CCCC(C)C4)CCO3)n2)s1. The molecule has 2 aromatic heterocycles. The predicted octanol–water partition coefficient (Wildman–Crippen LogP) is 4.32. The Morgan fingerprint density at radius 2 is 2.25 bits per heavy atom. The summed E-state index contributed by atoms with van der Waals surface area (Å²) in [4.78, 5) is 25.2. The zero-order valence-electron chi connectivity index (χ0n) is 16.6. The van der Waals surface area contributed by atoms with Gasteiger partial charge in [-0.1, -0.05) is 25.8 Å². The van der Waals surface area contributed by atoms with Crippen molar-refractivity contribution in [3.8, 4) is 0 Å².